The first-order chi connectivity index (χ1) is 16.6. The van der Waals surface area contributed by atoms with E-state index in [1.54, 1.807) is 12.1 Å². The number of furan rings is 1. The van der Waals surface area contributed by atoms with E-state index in [1.807, 2.05) is 61.5 Å². The molecular weight excluding hydrogens is 432 g/mol. The summed E-state index contributed by atoms with van der Waals surface area (Å²) in [7, 11) is 0. The lowest BCUT2D eigenvalue weighted by molar-refractivity contribution is -0.153. The number of amides is 2. The number of rotatable bonds is 8. The first-order valence-corrected chi connectivity index (χ1v) is 11.5. The highest BCUT2D eigenvalue weighted by molar-refractivity contribution is 5.95. The van der Waals surface area contributed by atoms with Gasteiger partial charge in [0.1, 0.15) is 6.04 Å². The minimum Gasteiger partial charge on any atom is -0.459 e. The van der Waals surface area contributed by atoms with Gasteiger partial charge in [0.25, 0.3) is 11.8 Å². The molecule has 3 aromatic rings. The third kappa shape index (κ3) is 5.36. The normalized spacial score (nSPS) is 15.8. The van der Waals surface area contributed by atoms with Gasteiger partial charge in [-0.3, -0.25) is 9.59 Å². The second-order valence-corrected chi connectivity index (χ2v) is 8.33. The van der Waals surface area contributed by atoms with Crippen molar-refractivity contribution in [3.05, 3.63) is 95.4 Å². The lowest BCUT2D eigenvalue weighted by atomic mass is 9.93. The van der Waals surface area contributed by atoms with Gasteiger partial charge in [-0.25, -0.2) is 4.79 Å². The maximum absolute atomic E-state index is 13.1. The van der Waals surface area contributed by atoms with Crippen molar-refractivity contribution in [3.63, 3.8) is 0 Å². The quantitative estimate of drug-likeness (QED) is 0.513. The number of benzene rings is 2. The Kier molecular flexibility index (Phi) is 7.42. The molecule has 0 aliphatic carbocycles. The summed E-state index contributed by atoms with van der Waals surface area (Å²) in [4.78, 5) is 40.1. The fraction of sp³-hybridized carbons (Fsp3) is 0.296. The zero-order chi connectivity index (χ0) is 23.9. The molecule has 7 heteroatoms. The summed E-state index contributed by atoms with van der Waals surface area (Å²) in [6.45, 7) is 1.90. The Morgan fingerprint density at radius 2 is 1.76 bits per heavy atom. The Hall–Kier alpha value is -3.87. The number of hydrogen-bond donors (Lipinski definition) is 1. The Bertz CT molecular complexity index is 1130. The van der Waals surface area contributed by atoms with Crippen molar-refractivity contribution in [2.75, 3.05) is 6.61 Å². The molecule has 176 valence electrons. The number of hydrogen-bond acceptors (Lipinski definition) is 5. The molecule has 0 bridgehead atoms. The van der Waals surface area contributed by atoms with E-state index in [0.717, 1.165) is 29.5 Å². The number of nitrogens with one attached hydrogen (secondary N) is 1. The average molecular weight is 461 g/mol. The second kappa shape index (κ2) is 10.8. The van der Waals surface area contributed by atoms with Gasteiger partial charge in [-0.1, -0.05) is 67.9 Å². The molecule has 0 saturated heterocycles. The predicted octanol–water partition coefficient (Wildman–Crippen LogP) is 4.05. The van der Waals surface area contributed by atoms with Crippen molar-refractivity contribution in [1.82, 2.24) is 10.2 Å². The number of ether oxygens (including phenoxy) is 1. The zero-order valence-corrected chi connectivity index (χ0v) is 19.1. The lowest BCUT2D eigenvalue weighted by Gasteiger charge is -2.34. The Morgan fingerprint density at radius 1 is 1.03 bits per heavy atom. The van der Waals surface area contributed by atoms with Gasteiger partial charge in [0, 0.05) is 13.0 Å². The van der Waals surface area contributed by atoms with Gasteiger partial charge >= 0.3 is 5.97 Å². The molecule has 2 amide bonds. The molecule has 34 heavy (non-hydrogen) atoms. The molecule has 1 N–H and O–H groups in total. The van der Waals surface area contributed by atoms with E-state index in [0.29, 0.717) is 6.42 Å². The molecule has 2 heterocycles. The Balaban J connectivity index is 1.43. The molecule has 4 rings (SSSR count). The van der Waals surface area contributed by atoms with Gasteiger partial charge in [0.05, 0.1) is 12.3 Å². The summed E-state index contributed by atoms with van der Waals surface area (Å²) in [5, 5.41) is 2.95. The van der Waals surface area contributed by atoms with Crippen molar-refractivity contribution in [1.29, 1.82) is 0 Å². The zero-order valence-electron chi connectivity index (χ0n) is 19.1. The van der Waals surface area contributed by atoms with Crippen LogP contribution in [0.15, 0.2) is 77.4 Å². The van der Waals surface area contributed by atoms with E-state index in [-0.39, 0.29) is 24.3 Å². The maximum Gasteiger partial charge on any atom is 0.329 e. The van der Waals surface area contributed by atoms with Gasteiger partial charge in [-0.2, -0.15) is 0 Å². The van der Waals surface area contributed by atoms with Gasteiger partial charge in [-0.15, -0.1) is 0 Å². The topological polar surface area (TPSA) is 88.9 Å². The molecular formula is C27H28N2O5. The van der Waals surface area contributed by atoms with E-state index >= 15 is 0 Å². The van der Waals surface area contributed by atoms with E-state index < -0.39 is 24.5 Å². The van der Waals surface area contributed by atoms with Crippen LogP contribution in [0.25, 0.3) is 0 Å². The van der Waals surface area contributed by atoms with Crippen LogP contribution in [0.2, 0.25) is 0 Å². The average Bonchev–Trinajstić information content (AvgIpc) is 3.41. The molecule has 2 aromatic carbocycles. The van der Waals surface area contributed by atoms with Crippen molar-refractivity contribution < 1.29 is 23.5 Å². The van der Waals surface area contributed by atoms with Crippen molar-refractivity contribution in [2.45, 2.75) is 44.8 Å². The van der Waals surface area contributed by atoms with Crippen molar-refractivity contribution >= 4 is 17.8 Å². The van der Waals surface area contributed by atoms with Gasteiger partial charge in [0.2, 0.25) is 0 Å². The minimum atomic E-state index is -0.846. The number of esters is 1. The largest absolute Gasteiger partial charge is 0.459 e. The third-order valence-electron chi connectivity index (χ3n) is 5.97. The van der Waals surface area contributed by atoms with Gasteiger partial charge in [0.15, 0.2) is 12.4 Å². The van der Waals surface area contributed by atoms with Crippen LogP contribution in [0.1, 0.15) is 53.1 Å². The number of fused-ring (bicyclic) bond motifs is 1. The van der Waals surface area contributed by atoms with Crippen LogP contribution in [0.3, 0.4) is 0 Å². The molecule has 1 aromatic heterocycles. The van der Waals surface area contributed by atoms with Crippen LogP contribution in [0, 0.1) is 0 Å². The molecule has 0 fully saturated rings. The number of nitrogens with zero attached hydrogens (tertiary/aromatic N) is 1. The molecule has 0 spiro atoms. The van der Waals surface area contributed by atoms with Crippen LogP contribution in [0.5, 0.6) is 0 Å². The molecule has 1 unspecified atom stereocenters. The van der Waals surface area contributed by atoms with E-state index in [1.165, 1.54) is 11.2 Å². The second-order valence-electron chi connectivity index (χ2n) is 8.33. The number of carbonyl (C=O) groups excluding carboxylic acids is 3. The fourth-order valence-electron chi connectivity index (χ4n) is 4.25. The molecule has 0 saturated carbocycles. The van der Waals surface area contributed by atoms with Gasteiger partial charge in [-0.05, 0) is 35.2 Å². The van der Waals surface area contributed by atoms with Crippen molar-refractivity contribution in [2.24, 2.45) is 0 Å². The number of carbonyl (C=O) groups is 3. The molecule has 0 radical (unpaired) electrons. The fourth-order valence-corrected chi connectivity index (χ4v) is 4.25. The SMILES string of the molecule is CCCC(NC(=O)COC(=O)[C@@H]1Cc2ccccc2CN1C(=O)c1ccco1)c1ccccc1. The van der Waals surface area contributed by atoms with Crippen LogP contribution < -0.4 is 5.32 Å². The first kappa shape index (κ1) is 23.3. The van der Waals surface area contributed by atoms with E-state index in [4.69, 9.17) is 9.15 Å². The lowest BCUT2D eigenvalue weighted by Crippen LogP contribution is -2.49. The van der Waals surface area contributed by atoms with Crippen LogP contribution >= 0.6 is 0 Å². The Morgan fingerprint density at radius 3 is 2.47 bits per heavy atom. The summed E-state index contributed by atoms with van der Waals surface area (Å²) in [6.07, 6.45) is 3.40. The van der Waals surface area contributed by atoms with Gasteiger partial charge < -0.3 is 19.4 Å². The monoisotopic (exact) mass is 460 g/mol. The van der Waals surface area contributed by atoms with Crippen LogP contribution in [0.4, 0.5) is 0 Å². The summed E-state index contributed by atoms with van der Waals surface area (Å²) in [5.41, 5.74) is 2.95. The summed E-state index contributed by atoms with van der Waals surface area (Å²) in [5.74, 6) is -1.23. The smallest absolute Gasteiger partial charge is 0.329 e. The highest BCUT2D eigenvalue weighted by Gasteiger charge is 2.37. The molecule has 7 nitrogen and oxygen atoms in total. The predicted molar refractivity (Wildman–Crippen MR) is 126 cm³/mol. The maximum atomic E-state index is 13.1. The summed E-state index contributed by atoms with van der Waals surface area (Å²) < 4.78 is 10.7. The van der Waals surface area contributed by atoms with Crippen LogP contribution in [-0.4, -0.2) is 35.3 Å². The standard InChI is InChI=1S/C27H28N2O5/c1-2-9-22(19-10-4-3-5-11-19)28-25(30)18-34-27(32)23-16-20-12-6-7-13-21(20)17-29(23)26(31)24-14-8-15-33-24/h3-8,10-15,22-23H,2,9,16-18H2,1H3,(H,28,30)/t22?,23-/m0/s1. The first-order valence-electron chi connectivity index (χ1n) is 11.5. The Labute approximate surface area is 198 Å². The molecule has 2 atom stereocenters. The van der Waals surface area contributed by atoms with E-state index in [9.17, 15) is 14.4 Å². The highest BCUT2D eigenvalue weighted by atomic mass is 16.5. The minimum absolute atomic E-state index is 0.153. The summed E-state index contributed by atoms with van der Waals surface area (Å²) >= 11 is 0. The van der Waals surface area contributed by atoms with Crippen LogP contribution in [-0.2, 0) is 27.3 Å². The highest BCUT2D eigenvalue weighted by Crippen LogP contribution is 2.26. The molecule has 1 aliphatic rings. The van der Waals surface area contributed by atoms with E-state index in [2.05, 4.69) is 5.32 Å². The summed E-state index contributed by atoms with van der Waals surface area (Å²) in [6, 6.07) is 19.6. The molecule has 1 aliphatic heterocycles. The van der Waals surface area contributed by atoms with Crippen molar-refractivity contribution in [3.8, 4) is 0 Å². The third-order valence-corrected chi connectivity index (χ3v) is 5.97.